The molecular formula is C14H22N2O. The lowest BCUT2D eigenvalue weighted by atomic mass is 9.83. The van der Waals surface area contributed by atoms with Crippen molar-refractivity contribution in [2.75, 3.05) is 39.3 Å². The zero-order valence-electron chi connectivity index (χ0n) is 11.0. The second-order valence-electron chi connectivity index (χ2n) is 4.89. The standard InChI is InChI=1S/C14H22N2O/c1-15-14(8-10-17-11-9-14)12-4-6-13(7-5-12)16(2)3/h4-7,15H,8-11H2,1-3H3. The lowest BCUT2D eigenvalue weighted by molar-refractivity contribution is 0.0398. The first-order chi connectivity index (χ1) is 8.18. The molecule has 0 unspecified atom stereocenters. The normalized spacial score (nSPS) is 19.0. The minimum absolute atomic E-state index is 0.100. The van der Waals surface area contributed by atoms with Crippen LogP contribution in [0.15, 0.2) is 24.3 Å². The Bertz CT molecular complexity index is 353. The highest BCUT2D eigenvalue weighted by atomic mass is 16.5. The van der Waals surface area contributed by atoms with Crippen molar-refractivity contribution < 1.29 is 4.74 Å². The van der Waals surface area contributed by atoms with Gasteiger partial charge in [0.25, 0.3) is 0 Å². The third kappa shape index (κ3) is 2.45. The van der Waals surface area contributed by atoms with Gasteiger partial charge in [0.15, 0.2) is 0 Å². The van der Waals surface area contributed by atoms with Gasteiger partial charge in [-0.15, -0.1) is 0 Å². The van der Waals surface area contributed by atoms with Gasteiger partial charge < -0.3 is 15.0 Å². The molecule has 0 aromatic heterocycles. The Morgan fingerprint density at radius 2 is 1.71 bits per heavy atom. The Morgan fingerprint density at radius 3 is 2.18 bits per heavy atom. The Balaban J connectivity index is 2.24. The fourth-order valence-electron chi connectivity index (χ4n) is 2.48. The summed E-state index contributed by atoms with van der Waals surface area (Å²) in [5.41, 5.74) is 2.71. The molecule has 0 aliphatic carbocycles. The van der Waals surface area contributed by atoms with E-state index < -0.39 is 0 Å². The molecule has 1 aliphatic heterocycles. The van der Waals surface area contributed by atoms with Gasteiger partial charge >= 0.3 is 0 Å². The van der Waals surface area contributed by atoms with E-state index in [9.17, 15) is 0 Å². The van der Waals surface area contributed by atoms with Crippen LogP contribution in [0.25, 0.3) is 0 Å². The van der Waals surface area contributed by atoms with Gasteiger partial charge in [-0.2, -0.15) is 0 Å². The van der Waals surface area contributed by atoms with Crippen molar-refractivity contribution in [1.29, 1.82) is 0 Å². The van der Waals surface area contributed by atoms with Gasteiger partial charge in [0, 0.05) is 38.5 Å². The summed E-state index contributed by atoms with van der Waals surface area (Å²) in [4.78, 5) is 2.12. The van der Waals surface area contributed by atoms with E-state index >= 15 is 0 Å². The van der Waals surface area contributed by atoms with E-state index in [2.05, 4.69) is 48.6 Å². The largest absolute Gasteiger partial charge is 0.381 e. The maximum Gasteiger partial charge on any atom is 0.0486 e. The number of anilines is 1. The average Bonchev–Trinajstić information content (AvgIpc) is 2.39. The quantitative estimate of drug-likeness (QED) is 0.865. The van der Waals surface area contributed by atoms with Crippen molar-refractivity contribution in [3.63, 3.8) is 0 Å². The molecule has 1 heterocycles. The molecule has 1 aromatic rings. The van der Waals surface area contributed by atoms with Gasteiger partial charge in [0.1, 0.15) is 0 Å². The first-order valence-corrected chi connectivity index (χ1v) is 6.22. The van der Waals surface area contributed by atoms with Crippen molar-refractivity contribution in [3.05, 3.63) is 29.8 Å². The summed E-state index contributed by atoms with van der Waals surface area (Å²) in [6.45, 7) is 1.69. The maximum atomic E-state index is 5.46. The Kier molecular flexibility index (Phi) is 3.69. The predicted octanol–water partition coefficient (Wildman–Crippen LogP) is 1.98. The molecule has 0 bridgehead atoms. The molecule has 2 rings (SSSR count). The van der Waals surface area contributed by atoms with Crippen LogP contribution in [0, 0.1) is 0 Å². The number of rotatable bonds is 3. The summed E-state index contributed by atoms with van der Waals surface area (Å²) in [5, 5.41) is 3.49. The fourth-order valence-corrected chi connectivity index (χ4v) is 2.48. The third-order valence-corrected chi connectivity index (χ3v) is 3.76. The molecule has 0 amide bonds. The van der Waals surface area contributed by atoms with Crippen molar-refractivity contribution >= 4 is 5.69 Å². The zero-order valence-corrected chi connectivity index (χ0v) is 11.0. The summed E-state index contributed by atoms with van der Waals surface area (Å²) in [6, 6.07) is 8.84. The summed E-state index contributed by atoms with van der Waals surface area (Å²) in [5.74, 6) is 0. The van der Waals surface area contributed by atoms with Gasteiger partial charge in [-0.25, -0.2) is 0 Å². The van der Waals surface area contributed by atoms with Crippen molar-refractivity contribution in [1.82, 2.24) is 5.32 Å². The lowest BCUT2D eigenvalue weighted by Gasteiger charge is -2.37. The molecule has 1 aromatic carbocycles. The number of benzene rings is 1. The van der Waals surface area contributed by atoms with E-state index in [1.54, 1.807) is 0 Å². The molecule has 1 saturated heterocycles. The van der Waals surface area contributed by atoms with Crippen LogP contribution in [0.3, 0.4) is 0 Å². The van der Waals surface area contributed by atoms with E-state index in [0.29, 0.717) is 0 Å². The average molecular weight is 234 g/mol. The molecule has 94 valence electrons. The molecule has 1 N–H and O–H groups in total. The van der Waals surface area contributed by atoms with Crippen LogP contribution in [-0.2, 0) is 10.3 Å². The van der Waals surface area contributed by atoms with Crippen LogP contribution in [-0.4, -0.2) is 34.4 Å². The molecule has 0 radical (unpaired) electrons. The number of hydrogen-bond acceptors (Lipinski definition) is 3. The zero-order chi connectivity index (χ0) is 12.3. The van der Waals surface area contributed by atoms with E-state index in [0.717, 1.165) is 26.1 Å². The molecule has 0 saturated carbocycles. The van der Waals surface area contributed by atoms with E-state index in [1.807, 2.05) is 7.05 Å². The molecule has 17 heavy (non-hydrogen) atoms. The van der Waals surface area contributed by atoms with Crippen LogP contribution in [0.4, 0.5) is 5.69 Å². The molecule has 3 nitrogen and oxygen atoms in total. The number of hydrogen-bond donors (Lipinski definition) is 1. The smallest absolute Gasteiger partial charge is 0.0486 e. The van der Waals surface area contributed by atoms with Crippen LogP contribution >= 0.6 is 0 Å². The Morgan fingerprint density at radius 1 is 1.12 bits per heavy atom. The van der Waals surface area contributed by atoms with Gasteiger partial charge in [-0.3, -0.25) is 0 Å². The fraction of sp³-hybridized carbons (Fsp3) is 0.571. The molecule has 0 atom stereocenters. The minimum atomic E-state index is 0.100. The first-order valence-electron chi connectivity index (χ1n) is 6.22. The van der Waals surface area contributed by atoms with Crippen LogP contribution in [0.2, 0.25) is 0 Å². The van der Waals surface area contributed by atoms with E-state index in [-0.39, 0.29) is 5.54 Å². The predicted molar refractivity (Wildman–Crippen MR) is 71.6 cm³/mol. The molecule has 1 fully saturated rings. The van der Waals surface area contributed by atoms with Crippen LogP contribution in [0.1, 0.15) is 18.4 Å². The van der Waals surface area contributed by atoms with Gasteiger partial charge in [-0.05, 0) is 37.6 Å². The summed E-state index contributed by atoms with van der Waals surface area (Å²) in [6.07, 6.45) is 2.09. The van der Waals surface area contributed by atoms with Gasteiger partial charge in [0.05, 0.1) is 0 Å². The topological polar surface area (TPSA) is 24.5 Å². The molecule has 1 aliphatic rings. The molecule has 3 heteroatoms. The number of ether oxygens (including phenoxy) is 1. The second-order valence-corrected chi connectivity index (χ2v) is 4.89. The number of nitrogens with zero attached hydrogens (tertiary/aromatic N) is 1. The van der Waals surface area contributed by atoms with Crippen molar-refractivity contribution in [3.8, 4) is 0 Å². The third-order valence-electron chi connectivity index (χ3n) is 3.76. The highest BCUT2D eigenvalue weighted by Crippen LogP contribution is 2.32. The molecular weight excluding hydrogens is 212 g/mol. The summed E-state index contributed by atoms with van der Waals surface area (Å²) in [7, 11) is 6.18. The summed E-state index contributed by atoms with van der Waals surface area (Å²) >= 11 is 0. The van der Waals surface area contributed by atoms with Crippen molar-refractivity contribution in [2.24, 2.45) is 0 Å². The molecule has 0 spiro atoms. The highest BCUT2D eigenvalue weighted by molar-refractivity contribution is 5.47. The summed E-state index contributed by atoms with van der Waals surface area (Å²) < 4.78 is 5.46. The minimum Gasteiger partial charge on any atom is -0.381 e. The highest BCUT2D eigenvalue weighted by Gasteiger charge is 2.32. The van der Waals surface area contributed by atoms with Gasteiger partial charge in [-0.1, -0.05) is 12.1 Å². The van der Waals surface area contributed by atoms with Gasteiger partial charge in [0.2, 0.25) is 0 Å². The van der Waals surface area contributed by atoms with E-state index in [1.165, 1.54) is 11.3 Å². The van der Waals surface area contributed by atoms with E-state index in [4.69, 9.17) is 4.74 Å². The maximum absolute atomic E-state index is 5.46. The van der Waals surface area contributed by atoms with Crippen LogP contribution < -0.4 is 10.2 Å². The monoisotopic (exact) mass is 234 g/mol. The number of nitrogens with one attached hydrogen (secondary N) is 1. The second kappa shape index (κ2) is 5.07. The first kappa shape index (κ1) is 12.4. The SMILES string of the molecule is CNC1(c2ccc(N(C)C)cc2)CCOCC1. The van der Waals surface area contributed by atoms with Crippen molar-refractivity contribution in [2.45, 2.75) is 18.4 Å². The lowest BCUT2D eigenvalue weighted by Crippen LogP contribution is -2.44. The van der Waals surface area contributed by atoms with Crippen LogP contribution in [0.5, 0.6) is 0 Å². The Hall–Kier alpha value is -1.06. The Labute approximate surface area is 104 Å².